The largest absolute Gasteiger partial charge is 0.486 e. The number of rotatable bonds is 5. The predicted octanol–water partition coefficient (Wildman–Crippen LogP) is 4.39. The lowest BCUT2D eigenvalue weighted by atomic mass is 10.1. The van der Waals surface area contributed by atoms with Crippen LogP contribution in [0.25, 0.3) is 0 Å². The Morgan fingerprint density at radius 1 is 1.29 bits per heavy atom. The summed E-state index contributed by atoms with van der Waals surface area (Å²) in [5.74, 6) is 1.66. The van der Waals surface area contributed by atoms with Gasteiger partial charge in [-0.25, -0.2) is 0 Å². The SMILES string of the molecule is CCCNC(c1ccc(Br)s1)C1COc2ccccc2O1. The molecule has 1 aromatic heterocycles. The average molecular weight is 368 g/mol. The Kier molecular flexibility index (Phi) is 4.83. The molecule has 0 amide bonds. The highest BCUT2D eigenvalue weighted by Crippen LogP contribution is 2.36. The van der Waals surface area contributed by atoms with Crippen molar-refractivity contribution in [1.29, 1.82) is 0 Å². The van der Waals surface area contributed by atoms with E-state index in [2.05, 4.69) is 40.3 Å². The average Bonchev–Trinajstić information content (AvgIpc) is 2.94. The van der Waals surface area contributed by atoms with E-state index < -0.39 is 0 Å². The number of hydrogen-bond acceptors (Lipinski definition) is 4. The minimum Gasteiger partial charge on any atom is -0.486 e. The lowest BCUT2D eigenvalue weighted by molar-refractivity contribution is 0.0626. The van der Waals surface area contributed by atoms with Crippen LogP contribution < -0.4 is 14.8 Å². The van der Waals surface area contributed by atoms with Crippen LogP contribution in [-0.2, 0) is 0 Å². The first-order chi connectivity index (χ1) is 10.3. The summed E-state index contributed by atoms with van der Waals surface area (Å²) in [6, 6.07) is 12.2. The molecule has 112 valence electrons. The smallest absolute Gasteiger partial charge is 0.161 e. The molecule has 1 N–H and O–H groups in total. The van der Waals surface area contributed by atoms with Crippen LogP contribution in [0.1, 0.15) is 24.3 Å². The number of thiophene rings is 1. The molecule has 3 rings (SSSR count). The van der Waals surface area contributed by atoms with Gasteiger partial charge in [-0.2, -0.15) is 0 Å². The van der Waals surface area contributed by atoms with Gasteiger partial charge in [0.05, 0.1) is 9.83 Å². The standard InChI is InChI=1S/C16H18BrNO2S/c1-2-9-18-16(14-7-8-15(17)21-14)13-10-19-11-5-3-4-6-12(11)20-13/h3-8,13,16,18H,2,9-10H2,1H3. The Balaban J connectivity index is 1.81. The molecule has 0 bridgehead atoms. The molecule has 2 heterocycles. The molecule has 2 aromatic rings. The zero-order chi connectivity index (χ0) is 14.7. The summed E-state index contributed by atoms with van der Waals surface area (Å²) in [5, 5.41) is 3.58. The highest BCUT2D eigenvalue weighted by molar-refractivity contribution is 9.11. The maximum atomic E-state index is 6.16. The molecule has 0 saturated carbocycles. The van der Waals surface area contributed by atoms with Crippen LogP contribution in [0.2, 0.25) is 0 Å². The minimum atomic E-state index is -0.0167. The molecule has 0 fully saturated rings. The highest BCUT2D eigenvalue weighted by atomic mass is 79.9. The number of nitrogens with one attached hydrogen (secondary N) is 1. The molecule has 0 radical (unpaired) electrons. The maximum Gasteiger partial charge on any atom is 0.161 e. The van der Waals surface area contributed by atoms with Gasteiger partial charge in [-0.1, -0.05) is 19.1 Å². The van der Waals surface area contributed by atoms with Crippen LogP contribution in [0, 0.1) is 0 Å². The van der Waals surface area contributed by atoms with Gasteiger partial charge in [-0.15, -0.1) is 11.3 Å². The number of para-hydroxylation sites is 2. The second-order valence-corrected chi connectivity index (χ2v) is 7.48. The third-order valence-electron chi connectivity index (χ3n) is 3.42. The third-order valence-corrected chi connectivity index (χ3v) is 5.12. The van der Waals surface area contributed by atoms with Gasteiger partial charge in [0, 0.05) is 4.88 Å². The first-order valence-corrected chi connectivity index (χ1v) is 8.76. The van der Waals surface area contributed by atoms with Crippen LogP contribution in [-0.4, -0.2) is 19.3 Å². The van der Waals surface area contributed by atoms with E-state index in [0.29, 0.717) is 6.61 Å². The second kappa shape index (κ2) is 6.81. The van der Waals surface area contributed by atoms with Gasteiger partial charge in [-0.3, -0.25) is 0 Å². The molecule has 5 heteroatoms. The fourth-order valence-corrected chi connectivity index (χ4v) is 3.96. The molecule has 1 aliphatic heterocycles. The van der Waals surface area contributed by atoms with E-state index in [0.717, 1.165) is 28.3 Å². The van der Waals surface area contributed by atoms with Crippen LogP contribution in [0.15, 0.2) is 40.2 Å². The highest BCUT2D eigenvalue weighted by Gasteiger charge is 2.30. The molecule has 0 aliphatic carbocycles. The maximum absolute atomic E-state index is 6.16. The molecular weight excluding hydrogens is 350 g/mol. The van der Waals surface area contributed by atoms with Crippen molar-refractivity contribution in [2.24, 2.45) is 0 Å². The fourth-order valence-electron chi connectivity index (χ4n) is 2.41. The van der Waals surface area contributed by atoms with E-state index in [-0.39, 0.29) is 12.1 Å². The zero-order valence-electron chi connectivity index (χ0n) is 11.8. The summed E-state index contributed by atoms with van der Waals surface area (Å²) >= 11 is 5.28. The Labute approximate surface area is 137 Å². The Hall–Kier alpha value is -1.04. The molecule has 1 aliphatic rings. The molecule has 0 spiro atoms. The Bertz CT molecular complexity index is 601. The van der Waals surface area contributed by atoms with E-state index in [4.69, 9.17) is 9.47 Å². The number of hydrogen-bond donors (Lipinski definition) is 1. The van der Waals surface area contributed by atoms with Crippen molar-refractivity contribution in [2.45, 2.75) is 25.5 Å². The third kappa shape index (κ3) is 3.42. The van der Waals surface area contributed by atoms with Gasteiger partial charge >= 0.3 is 0 Å². The number of benzene rings is 1. The summed E-state index contributed by atoms with van der Waals surface area (Å²) in [6.45, 7) is 3.69. The summed E-state index contributed by atoms with van der Waals surface area (Å²) < 4.78 is 13.1. The van der Waals surface area contributed by atoms with Gasteiger partial charge in [-0.05, 0) is 53.2 Å². The molecular formula is C16H18BrNO2S. The number of fused-ring (bicyclic) bond motifs is 1. The lowest BCUT2D eigenvalue weighted by Crippen LogP contribution is -2.41. The topological polar surface area (TPSA) is 30.5 Å². The van der Waals surface area contributed by atoms with Gasteiger partial charge in [0.25, 0.3) is 0 Å². The molecule has 2 atom stereocenters. The number of ether oxygens (including phenoxy) is 2. The van der Waals surface area contributed by atoms with Crippen LogP contribution >= 0.6 is 27.3 Å². The van der Waals surface area contributed by atoms with Crippen molar-refractivity contribution in [3.8, 4) is 11.5 Å². The Morgan fingerprint density at radius 2 is 2.10 bits per heavy atom. The normalized spacial score (nSPS) is 18.5. The first-order valence-electron chi connectivity index (χ1n) is 7.15. The summed E-state index contributed by atoms with van der Waals surface area (Å²) in [4.78, 5) is 1.27. The summed E-state index contributed by atoms with van der Waals surface area (Å²) in [7, 11) is 0. The predicted molar refractivity (Wildman–Crippen MR) is 89.4 cm³/mol. The van der Waals surface area contributed by atoms with Crippen molar-refractivity contribution in [1.82, 2.24) is 5.32 Å². The van der Waals surface area contributed by atoms with Crippen molar-refractivity contribution in [3.63, 3.8) is 0 Å². The zero-order valence-corrected chi connectivity index (χ0v) is 14.2. The molecule has 0 saturated heterocycles. The van der Waals surface area contributed by atoms with E-state index in [1.54, 1.807) is 11.3 Å². The van der Waals surface area contributed by atoms with Crippen LogP contribution in [0.3, 0.4) is 0 Å². The van der Waals surface area contributed by atoms with Gasteiger partial charge in [0.1, 0.15) is 6.61 Å². The monoisotopic (exact) mass is 367 g/mol. The quantitative estimate of drug-likeness (QED) is 0.849. The molecule has 2 unspecified atom stereocenters. The first kappa shape index (κ1) is 14.9. The molecule has 21 heavy (non-hydrogen) atoms. The van der Waals surface area contributed by atoms with Crippen molar-refractivity contribution < 1.29 is 9.47 Å². The van der Waals surface area contributed by atoms with Crippen LogP contribution in [0.4, 0.5) is 0 Å². The van der Waals surface area contributed by atoms with Crippen molar-refractivity contribution >= 4 is 27.3 Å². The van der Waals surface area contributed by atoms with E-state index in [9.17, 15) is 0 Å². The molecule has 3 nitrogen and oxygen atoms in total. The van der Waals surface area contributed by atoms with E-state index in [1.807, 2.05) is 24.3 Å². The number of halogens is 1. The van der Waals surface area contributed by atoms with Crippen molar-refractivity contribution in [3.05, 3.63) is 45.1 Å². The van der Waals surface area contributed by atoms with E-state index >= 15 is 0 Å². The van der Waals surface area contributed by atoms with E-state index in [1.165, 1.54) is 4.88 Å². The summed E-state index contributed by atoms with van der Waals surface area (Å²) in [5.41, 5.74) is 0. The van der Waals surface area contributed by atoms with Gasteiger partial charge < -0.3 is 14.8 Å². The second-order valence-electron chi connectivity index (χ2n) is 4.99. The fraction of sp³-hybridized carbons (Fsp3) is 0.375. The lowest BCUT2D eigenvalue weighted by Gasteiger charge is -2.32. The van der Waals surface area contributed by atoms with Gasteiger partial charge in [0.2, 0.25) is 0 Å². The van der Waals surface area contributed by atoms with Crippen LogP contribution in [0.5, 0.6) is 11.5 Å². The minimum absolute atomic E-state index is 0.0167. The molecule has 1 aromatic carbocycles. The summed E-state index contributed by atoms with van der Waals surface area (Å²) in [6.07, 6.45) is 1.07. The van der Waals surface area contributed by atoms with Crippen molar-refractivity contribution in [2.75, 3.05) is 13.2 Å². The Morgan fingerprint density at radius 3 is 2.81 bits per heavy atom. The van der Waals surface area contributed by atoms with Gasteiger partial charge in [0.15, 0.2) is 17.6 Å².